The molecule has 2 atom stereocenters. The van der Waals surface area contributed by atoms with E-state index in [1.54, 1.807) is 6.92 Å². The Balaban J connectivity index is 3.21. The molecule has 25 heavy (non-hydrogen) atoms. The topological polar surface area (TPSA) is 29.5 Å². The summed E-state index contributed by atoms with van der Waals surface area (Å²) in [6.45, 7) is 4.22. The lowest BCUT2D eigenvalue weighted by atomic mass is 9.83. The minimum Gasteiger partial charge on any atom is -0.491 e. The summed E-state index contributed by atoms with van der Waals surface area (Å²) in [5, 5.41) is 10.2. The molecule has 0 aliphatic rings. The maximum absolute atomic E-state index is 13.9. The first-order chi connectivity index (χ1) is 11.1. The molecule has 0 saturated carbocycles. The first-order valence-corrected chi connectivity index (χ1v) is 7.46. The SMILES string of the molecule is CCC(C)Oc1cccc(C(C)(O)CC(F)(C(F)(F)F)C(F)(F)F)c1. The molecule has 1 N–H and O–H groups in total. The molecule has 2 unspecified atom stereocenters. The lowest BCUT2D eigenvalue weighted by molar-refractivity contribution is -0.352. The summed E-state index contributed by atoms with van der Waals surface area (Å²) in [6, 6.07) is 4.93. The second-order valence-electron chi connectivity index (χ2n) is 6.11. The highest BCUT2D eigenvalue weighted by molar-refractivity contribution is 5.32. The minimum atomic E-state index is -6.22. The van der Waals surface area contributed by atoms with Gasteiger partial charge in [0.05, 0.1) is 11.7 Å². The van der Waals surface area contributed by atoms with Crippen LogP contribution in [0.25, 0.3) is 0 Å². The molecule has 0 amide bonds. The lowest BCUT2D eigenvalue weighted by Crippen LogP contribution is -2.56. The molecule has 0 aromatic heterocycles. The second kappa shape index (κ2) is 7.01. The normalized spacial score (nSPS) is 17.1. The number of hydrogen-bond acceptors (Lipinski definition) is 2. The number of benzene rings is 1. The van der Waals surface area contributed by atoms with Crippen LogP contribution in [-0.2, 0) is 5.60 Å². The molecule has 2 nitrogen and oxygen atoms in total. The summed E-state index contributed by atoms with van der Waals surface area (Å²) in [7, 11) is 0. The van der Waals surface area contributed by atoms with Crippen LogP contribution in [0, 0.1) is 0 Å². The van der Waals surface area contributed by atoms with Crippen molar-refractivity contribution in [2.75, 3.05) is 0 Å². The summed E-state index contributed by atoms with van der Waals surface area (Å²) < 4.78 is 95.6. The highest BCUT2D eigenvalue weighted by atomic mass is 19.4. The average molecular weight is 376 g/mol. The molecule has 0 fully saturated rings. The molecule has 1 rings (SSSR count). The smallest absolute Gasteiger partial charge is 0.431 e. The first kappa shape index (κ1) is 21.5. The Bertz CT molecular complexity index is 565. The average Bonchev–Trinajstić information content (AvgIpc) is 2.44. The molecule has 0 heterocycles. The Kier molecular flexibility index (Phi) is 6.04. The van der Waals surface area contributed by atoms with Gasteiger partial charge in [0.2, 0.25) is 0 Å². The quantitative estimate of drug-likeness (QED) is 0.684. The zero-order valence-electron chi connectivity index (χ0n) is 13.8. The Hall–Kier alpha value is -1.51. The van der Waals surface area contributed by atoms with Crippen molar-refractivity contribution in [1.82, 2.24) is 0 Å². The van der Waals surface area contributed by atoms with E-state index in [-0.39, 0.29) is 17.4 Å². The predicted molar refractivity (Wildman–Crippen MR) is 77.0 cm³/mol. The molecule has 0 bridgehead atoms. The van der Waals surface area contributed by atoms with Gasteiger partial charge in [-0.05, 0) is 38.0 Å². The summed E-state index contributed by atoms with van der Waals surface area (Å²) in [5.74, 6) is 0.149. The van der Waals surface area contributed by atoms with Crippen molar-refractivity contribution in [3.8, 4) is 5.75 Å². The third kappa shape index (κ3) is 4.77. The van der Waals surface area contributed by atoms with Crippen LogP contribution in [0.5, 0.6) is 5.75 Å². The fourth-order valence-corrected chi connectivity index (χ4v) is 2.16. The number of aliphatic hydroxyl groups is 1. The summed E-state index contributed by atoms with van der Waals surface area (Å²) in [4.78, 5) is 0. The van der Waals surface area contributed by atoms with Gasteiger partial charge in [0.25, 0.3) is 0 Å². The van der Waals surface area contributed by atoms with Crippen molar-refractivity contribution in [3.05, 3.63) is 29.8 Å². The van der Waals surface area contributed by atoms with E-state index in [1.807, 2.05) is 6.92 Å². The van der Waals surface area contributed by atoms with Gasteiger partial charge in [-0.3, -0.25) is 0 Å². The highest BCUT2D eigenvalue weighted by Crippen LogP contribution is 2.52. The monoisotopic (exact) mass is 376 g/mol. The third-order valence-electron chi connectivity index (χ3n) is 3.85. The number of hydrogen-bond donors (Lipinski definition) is 1. The molecule has 9 heteroatoms. The Labute approximate surface area is 140 Å². The molecule has 0 saturated heterocycles. The first-order valence-electron chi connectivity index (χ1n) is 7.46. The zero-order chi connectivity index (χ0) is 19.7. The summed E-state index contributed by atoms with van der Waals surface area (Å²) >= 11 is 0. The molecule has 0 aliphatic carbocycles. The van der Waals surface area contributed by atoms with Crippen LogP contribution in [0.1, 0.15) is 39.2 Å². The van der Waals surface area contributed by atoms with Crippen molar-refractivity contribution < 1.29 is 40.6 Å². The van der Waals surface area contributed by atoms with Gasteiger partial charge < -0.3 is 9.84 Å². The van der Waals surface area contributed by atoms with Crippen molar-refractivity contribution in [2.24, 2.45) is 0 Å². The van der Waals surface area contributed by atoms with Gasteiger partial charge in [-0.1, -0.05) is 19.1 Å². The molecular weight excluding hydrogens is 357 g/mol. The van der Waals surface area contributed by atoms with Crippen molar-refractivity contribution >= 4 is 0 Å². The van der Waals surface area contributed by atoms with Gasteiger partial charge in [0, 0.05) is 6.42 Å². The molecule has 144 valence electrons. The van der Waals surface area contributed by atoms with E-state index in [9.17, 15) is 35.8 Å². The number of alkyl halides is 7. The second-order valence-corrected chi connectivity index (χ2v) is 6.11. The van der Waals surface area contributed by atoms with Crippen LogP contribution in [0.4, 0.5) is 30.7 Å². The van der Waals surface area contributed by atoms with Crippen molar-refractivity contribution in [1.29, 1.82) is 0 Å². The molecule has 0 radical (unpaired) electrons. The summed E-state index contributed by atoms with van der Waals surface area (Å²) in [6.07, 6.45) is -14.3. The van der Waals surface area contributed by atoms with Gasteiger partial charge in [-0.15, -0.1) is 0 Å². The Morgan fingerprint density at radius 2 is 1.56 bits per heavy atom. The molecule has 0 spiro atoms. The predicted octanol–water partition coefficient (Wildman–Crippen LogP) is 5.29. The third-order valence-corrected chi connectivity index (χ3v) is 3.85. The van der Waals surface area contributed by atoms with E-state index < -0.39 is 30.0 Å². The maximum atomic E-state index is 13.9. The van der Waals surface area contributed by atoms with Gasteiger partial charge in [0.15, 0.2) is 0 Å². The van der Waals surface area contributed by atoms with E-state index in [0.717, 1.165) is 12.1 Å². The van der Waals surface area contributed by atoms with E-state index in [2.05, 4.69) is 0 Å². The van der Waals surface area contributed by atoms with Crippen molar-refractivity contribution in [3.63, 3.8) is 0 Å². The van der Waals surface area contributed by atoms with Gasteiger partial charge in [0.1, 0.15) is 5.75 Å². The molecule has 0 aliphatic heterocycles. The fraction of sp³-hybridized carbons (Fsp3) is 0.625. The highest BCUT2D eigenvalue weighted by Gasteiger charge is 2.73. The number of rotatable bonds is 6. The van der Waals surface area contributed by atoms with Crippen LogP contribution >= 0.6 is 0 Å². The van der Waals surface area contributed by atoms with Crippen molar-refractivity contribution in [2.45, 2.75) is 63.3 Å². The number of ether oxygens (including phenoxy) is 1. The van der Waals surface area contributed by atoms with Gasteiger partial charge >= 0.3 is 18.0 Å². The van der Waals surface area contributed by atoms with Gasteiger partial charge in [-0.25, -0.2) is 4.39 Å². The van der Waals surface area contributed by atoms with E-state index >= 15 is 0 Å². The van der Waals surface area contributed by atoms with E-state index in [0.29, 0.717) is 13.3 Å². The molecule has 1 aromatic rings. The van der Waals surface area contributed by atoms with E-state index in [1.165, 1.54) is 12.1 Å². The van der Waals surface area contributed by atoms with Crippen LogP contribution in [0.3, 0.4) is 0 Å². The fourth-order valence-electron chi connectivity index (χ4n) is 2.16. The zero-order valence-corrected chi connectivity index (χ0v) is 13.8. The minimum absolute atomic E-state index is 0.149. The van der Waals surface area contributed by atoms with E-state index in [4.69, 9.17) is 4.74 Å². The number of halogens is 7. The van der Waals surface area contributed by atoms with Crippen LogP contribution in [0.2, 0.25) is 0 Å². The Morgan fingerprint density at radius 3 is 2.00 bits per heavy atom. The lowest BCUT2D eigenvalue weighted by Gasteiger charge is -2.36. The van der Waals surface area contributed by atoms with Gasteiger partial charge in [-0.2, -0.15) is 26.3 Å². The van der Waals surface area contributed by atoms with Crippen LogP contribution in [-0.4, -0.2) is 29.2 Å². The van der Waals surface area contributed by atoms with Crippen LogP contribution < -0.4 is 4.74 Å². The summed E-state index contributed by atoms with van der Waals surface area (Å²) in [5.41, 5.74) is -8.59. The molecule has 1 aromatic carbocycles. The standard InChI is InChI=1S/C16H19F7O2/c1-4-10(2)25-12-7-5-6-11(8-12)13(3,24)9-14(17,15(18,19)20)16(21,22)23/h5-8,10,24H,4,9H2,1-3H3. The molecular formula is C16H19F7O2. The largest absolute Gasteiger partial charge is 0.491 e. The maximum Gasteiger partial charge on any atom is 0.431 e. The van der Waals surface area contributed by atoms with Crippen LogP contribution in [0.15, 0.2) is 24.3 Å². The Morgan fingerprint density at radius 1 is 1.04 bits per heavy atom.